The topological polar surface area (TPSA) is 51.8 Å². The molecule has 0 saturated heterocycles. The molecule has 2 aliphatic carbocycles. The number of benzene rings is 2. The molecule has 1 saturated carbocycles. The third kappa shape index (κ3) is 7.48. The van der Waals surface area contributed by atoms with Crippen LogP contribution in [0.4, 0.5) is 0 Å². The van der Waals surface area contributed by atoms with Gasteiger partial charge in [-0.2, -0.15) is 0 Å². The summed E-state index contributed by atoms with van der Waals surface area (Å²) in [6.45, 7) is 1.97. The average Bonchev–Trinajstić information content (AvgIpc) is 3.71. The van der Waals surface area contributed by atoms with Gasteiger partial charge in [0.25, 0.3) is 0 Å². The third-order valence-electron chi connectivity index (χ3n) is 9.68. The summed E-state index contributed by atoms with van der Waals surface area (Å²) in [5, 5.41) is 2.01. The minimum absolute atomic E-state index is 0. The van der Waals surface area contributed by atoms with Crippen molar-refractivity contribution in [2.24, 2.45) is 5.92 Å². The molecular formula is C41H43GeIrN3O-2. The standard InChI is InChI=1S/C21H17N2O.C20H26GeN.Ir/c1-13-6-8-17-18-12-15(7-9-19(18)24-21(17)23-13)20-16-5-3-2-4-14(16)10-11-22-20;1-21(2,3)19-15-22-20(17-11-5-4-6-12-17)14-18(19)13-16-9-7-8-10-16;/h6-11H,2-5H2,1H3;4-6,11,14-16H,7-10,13H2,1-3H3;/q2*-1;. The monoisotopic (exact) mass is 860 g/mol. The number of furan rings is 1. The maximum absolute atomic E-state index is 5.87. The van der Waals surface area contributed by atoms with Gasteiger partial charge in [0.15, 0.2) is 5.71 Å². The first-order valence-corrected chi connectivity index (χ1v) is 24.3. The number of nitrogens with zero attached hydrogens (tertiary/aromatic N) is 3. The van der Waals surface area contributed by atoms with E-state index in [4.69, 9.17) is 9.40 Å². The molecule has 2 aliphatic rings. The van der Waals surface area contributed by atoms with E-state index in [1.807, 2.05) is 37.4 Å². The molecule has 2 aromatic carbocycles. The van der Waals surface area contributed by atoms with Crippen molar-refractivity contribution in [2.45, 2.75) is 82.0 Å². The van der Waals surface area contributed by atoms with Gasteiger partial charge in [-0.05, 0) is 55.7 Å². The minimum Gasteiger partial charge on any atom is 0 e. The van der Waals surface area contributed by atoms with Crippen molar-refractivity contribution in [3.05, 3.63) is 108 Å². The Labute approximate surface area is 295 Å². The molecule has 6 heteroatoms. The van der Waals surface area contributed by atoms with Crippen molar-refractivity contribution in [3.63, 3.8) is 0 Å². The van der Waals surface area contributed by atoms with Crippen LogP contribution in [0.25, 0.3) is 44.6 Å². The Morgan fingerprint density at radius 1 is 0.894 bits per heavy atom. The largest absolute Gasteiger partial charge is 0 e. The van der Waals surface area contributed by atoms with E-state index in [-0.39, 0.29) is 20.1 Å². The van der Waals surface area contributed by atoms with Crippen LogP contribution in [0.15, 0.2) is 77.5 Å². The first-order chi connectivity index (χ1) is 22.3. The SMILES string of the molecule is Cc1ccc2c(n1)oc1ccc(-c3nccc4c3CCCC4)[c-]c12.[CH3][Ge]([CH3])([CH3])[c]1cnc(-c2[c-]cccc2)cc1CC1CCCC1.[Ir]. The molecule has 4 aromatic heterocycles. The Bertz CT molecular complexity index is 1990. The predicted octanol–water partition coefficient (Wildman–Crippen LogP) is 9.85. The second kappa shape index (κ2) is 14.6. The number of hydrogen-bond acceptors (Lipinski definition) is 4. The minimum atomic E-state index is -1.87. The van der Waals surface area contributed by atoms with Crippen LogP contribution in [-0.2, 0) is 39.4 Å². The van der Waals surface area contributed by atoms with Crippen LogP contribution in [-0.4, -0.2) is 28.2 Å². The molecule has 0 aliphatic heterocycles. The average molecular weight is 859 g/mol. The molecule has 8 rings (SSSR count). The first-order valence-electron chi connectivity index (χ1n) is 17.0. The molecule has 0 spiro atoms. The van der Waals surface area contributed by atoms with Crippen molar-refractivity contribution in [3.8, 4) is 22.5 Å². The summed E-state index contributed by atoms with van der Waals surface area (Å²) in [5.74, 6) is 8.31. The summed E-state index contributed by atoms with van der Waals surface area (Å²) < 4.78 is 7.46. The van der Waals surface area contributed by atoms with Gasteiger partial charge in [0.1, 0.15) is 0 Å². The first kappa shape index (κ1) is 33.8. The van der Waals surface area contributed by atoms with Gasteiger partial charge in [-0.15, -0.1) is 12.1 Å². The zero-order valence-corrected chi connectivity index (χ0v) is 32.4. The normalized spacial score (nSPS) is 14.8. The van der Waals surface area contributed by atoms with Gasteiger partial charge in [0.05, 0.1) is 5.58 Å². The van der Waals surface area contributed by atoms with Gasteiger partial charge in [-0.1, -0.05) is 28.6 Å². The van der Waals surface area contributed by atoms with E-state index in [0.717, 1.165) is 63.3 Å². The van der Waals surface area contributed by atoms with Gasteiger partial charge in [-0.3, -0.25) is 4.98 Å². The van der Waals surface area contributed by atoms with Gasteiger partial charge in [0.2, 0.25) is 0 Å². The third-order valence-corrected chi connectivity index (χ3v) is 14.0. The van der Waals surface area contributed by atoms with E-state index in [0.29, 0.717) is 5.71 Å². The van der Waals surface area contributed by atoms with Crippen molar-refractivity contribution in [1.29, 1.82) is 0 Å². The van der Waals surface area contributed by atoms with Crippen LogP contribution in [0.1, 0.15) is 60.9 Å². The van der Waals surface area contributed by atoms with Gasteiger partial charge in [-0.25, -0.2) is 4.98 Å². The van der Waals surface area contributed by atoms with E-state index < -0.39 is 13.3 Å². The number of hydrogen-bond donors (Lipinski definition) is 0. The molecule has 4 heterocycles. The summed E-state index contributed by atoms with van der Waals surface area (Å²) in [4.78, 5) is 13.9. The Kier molecular flexibility index (Phi) is 10.5. The second-order valence-electron chi connectivity index (χ2n) is 14.1. The summed E-state index contributed by atoms with van der Waals surface area (Å²) in [6.07, 6.45) is 15.8. The fraction of sp³-hybridized carbons (Fsp3) is 0.341. The van der Waals surface area contributed by atoms with Crippen LogP contribution in [0.5, 0.6) is 0 Å². The molecule has 4 nitrogen and oxygen atoms in total. The quantitative estimate of drug-likeness (QED) is 0.128. The van der Waals surface area contributed by atoms with E-state index >= 15 is 0 Å². The molecular weight excluding hydrogens is 815 g/mol. The summed E-state index contributed by atoms with van der Waals surface area (Å²) >= 11 is -1.87. The van der Waals surface area contributed by atoms with E-state index in [9.17, 15) is 0 Å². The molecule has 1 radical (unpaired) electrons. The van der Waals surface area contributed by atoms with E-state index in [1.54, 1.807) is 9.96 Å². The maximum atomic E-state index is 5.87. The zero-order valence-electron chi connectivity index (χ0n) is 28.0. The van der Waals surface area contributed by atoms with Gasteiger partial charge >= 0.3 is 137 Å². The van der Waals surface area contributed by atoms with Gasteiger partial charge in [0, 0.05) is 37.7 Å². The number of aromatic nitrogens is 3. The van der Waals surface area contributed by atoms with E-state index in [1.165, 1.54) is 56.1 Å². The molecule has 6 aromatic rings. The second-order valence-corrected chi connectivity index (χ2v) is 24.7. The Hall–Kier alpha value is -3.12. The molecule has 0 amide bonds. The smallest absolute Gasteiger partial charge is 0 e. The van der Waals surface area contributed by atoms with Crippen molar-refractivity contribution < 1.29 is 24.5 Å². The van der Waals surface area contributed by atoms with Crippen LogP contribution >= 0.6 is 0 Å². The van der Waals surface area contributed by atoms with Crippen LogP contribution < -0.4 is 4.40 Å². The number of fused-ring (bicyclic) bond motifs is 4. The Balaban J connectivity index is 0.000000162. The maximum Gasteiger partial charge on any atom is 0 e. The van der Waals surface area contributed by atoms with Crippen molar-refractivity contribution in [2.75, 3.05) is 0 Å². The zero-order chi connectivity index (χ0) is 31.7. The fourth-order valence-electron chi connectivity index (χ4n) is 7.27. The fourth-order valence-corrected chi connectivity index (χ4v) is 10.6. The Morgan fingerprint density at radius 3 is 2.51 bits per heavy atom. The Morgan fingerprint density at radius 2 is 1.72 bits per heavy atom. The van der Waals surface area contributed by atoms with Crippen LogP contribution in [0.2, 0.25) is 17.3 Å². The van der Waals surface area contributed by atoms with Crippen LogP contribution in [0, 0.1) is 25.0 Å². The molecule has 0 atom stereocenters. The molecule has 0 unspecified atom stereocenters. The van der Waals surface area contributed by atoms with Gasteiger partial charge < -0.3 is 4.42 Å². The van der Waals surface area contributed by atoms with E-state index in [2.05, 4.69) is 82.0 Å². The molecule has 0 N–H and O–H groups in total. The predicted molar refractivity (Wildman–Crippen MR) is 192 cm³/mol. The van der Waals surface area contributed by atoms with Crippen molar-refractivity contribution in [1.82, 2.24) is 15.0 Å². The molecule has 1 fully saturated rings. The molecule has 0 bridgehead atoms. The van der Waals surface area contributed by atoms with Crippen LogP contribution in [0.3, 0.4) is 0 Å². The summed E-state index contributed by atoms with van der Waals surface area (Å²) in [6, 6.07) is 27.7. The van der Waals surface area contributed by atoms with Crippen molar-refractivity contribution >= 4 is 39.7 Å². The summed E-state index contributed by atoms with van der Waals surface area (Å²) in [5.41, 5.74) is 11.2. The molecule has 243 valence electrons. The number of rotatable bonds is 5. The number of pyridine rings is 3. The summed E-state index contributed by atoms with van der Waals surface area (Å²) in [7, 11) is 0. The molecule has 47 heavy (non-hydrogen) atoms. The number of aryl methyl sites for hydroxylation is 2.